The van der Waals surface area contributed by atoms with E-state index >= 15 is 0 Å². The summed E-state index contributed by atoms with van der Waals surface area (Å²) in [6.07, 6.45) is 0.460. The number of aromatic nitrogens is 2. The Morgan fingerprint density at radius 2 is 1.80 bits per heavy atom. The first-order valence-corrected chi connectivity index (χ1v) is 9.59. The van der Waals surface area contributed by atoms with Gasteiger partial charge in [0, 0.05) is 40.2 Å². The lowest BCUT2D eigenvalue weighted by Gasteiger charge is -2.19. The third-order valence-electron chi connectivity index (χ3n) is 4.42. The van der Waals surface area contributed by atoms with E-state index < -0.39 is 10.0 Å². The van der Waals surface area contributed by atoms with Gasteiger partial charge >= 0.3 is 0 Å². The highest BCUT2D eigenvalue weighted by Crippen LogP contribution is 2.22. The number of benzene rings is 1. The Morgan fingerprint density at radius 3 is 2.44 bits per heavy atom. The summed E-state index contributed by atoms with van der Waals surface area (Å²) in [6.45, 7) is 3.02. The van der Waals surface area contributed by atoms with Gasteiger partial charge in [0.2, 0.25) is 10.0 Å². The zero-order valence-electron chi connectivity index (χ0n) is 14.6. The number of hydrogen-bond donors (Lipinski definition) is 0. The highest BCUT2D eigenvalue weighted by molar-refractivity contribution is 7.89. The van der Waals surface area contributed by atoms with E-state index in [0.29, 0.717) is 36.6 Å². The molecular formula is C17H22N4O3S. The lowest BCUT2D eigenvalue weighted by atomic mass is 10.2. The van der Waals surface area contributed by atoms with Crippen LogP contribution < -0.4 is 0 Å². The van der Waals surface area contributed by atoms with Crippen LogP contribution in [0.4, 0.5) is 0 Å². The molecule has 1 aromatic heterocycles. The van der Waals surface area contributed by atoms with Gasteiger partial charge in [-0.05, 0) is 19.1 Å². The number of nitrogens with zero attached hydrogens (tertiary/aromatic N) is 4. The monoisotopic (exact) mass is 362 g/mol. The zero-order chi connectivity index (χ0) is 18.2. The van der Waals surface area contributed by atoms with Gasteiger partial charge in [-0.15, -0.1) is 0 Å². The molecule has 8 heteroatoms. The van der Waals surface area contributed by atoms with Crippen molar-refractivity contribution in [2.24, 2.45) is 0 Å². The lowest BCUT2D eigenvalue weighted by molar-refractivity contribution is 0.0821. The van der Waals surface area contributed by atoms with Crippen LogP contribution in [0, 0.1) is 6.92 Å². The number of hydrogen-bond acceptors (Lipinski definition) is 4. The van der Waals surface area contributed by atoms with Gasteiger partial charge in [-0.3, -0.25) is 4.79 Å². The Kier molecular flexibility index (Phi) is 4.66. The van der Waals surface area contributed by atoms with Crippen LogP contribution in [0.25, 0.3) is 0 Å². The van der Waals surface area contributed by atoms with Crippen molar-refractivity contribution >= 4 is 15.9 Å². The van der Waals surface area contributed by atoms with Gasteiger partial charge < -0.3 is 9.47 Å². The van der Waals surface area contributed by atoms with Crippen molar-refractivity contribution in [3.05, 3.63) is 47.5 Å². The highest BCUT2D eigenvalue weighted by atomic mass is 32.2. The minimum absolute atomic E-state index is 0.156. The maximum absolute atomic E-state index is 12.9. The van der Waals surface area contributed by atoms with E-state index in [4.69, 9.17) is 0 Å². The molecule has 1 amide bonds. The highest BCUT2D eigenvalue weighted by Gasteiger charge is 2.30. The molecule has 0 saturated carbocycles. The number of sulfonamides is 1. The number of aryl methyl sites for hydroxylation is 1. The smallest absolute Gasteiger partial charge is 0.273 e. The van der Waals surface area contributed by atoms with Crippen LogP contribution in [0.2, 0.25) is 0 Å². The quantitative estimate of drug-likeness (QED) is 0.821. The number of amides is 1. The largest absolute Gasteiger partial charge is 0.343 e. The molecule has 0 saturated heterocycles. The minimum atomic E-state index is -3.54. The van der Waals surface area contributed by atoms with Crippen molar-refractivity contribution in [3.63, 3.8) is 0 Å². The van der Waals surface area contributed by atoms with E-state index in [1.165, 1.54) is 9.21 Å². The van der Waals surface area contributed by atoms with Crippen molar-refractivity contribution < 1.29 is 13.2 Å². The summed E-state index contributed by atoms with van der Waals surface area (Å²) in [6, 6.07) is 8.44. The molecule has 0 N–H and O–H groups in total. The molecule has 1 aromatic carbocycles. The first-order chi connectivity index (χ1) is 11.8. The van der Waals surface area contributed by atoms with Crippen molar-refractivity contribution in [1.29, 1.82) is 0 Å². The van der Waals surface area contributed by atoms with Gasteiger partial charge in [0.15, 0.2) is 0 Å². The van der Waals surface area contributed by atoms with Gasteiger partial charge in [-0.2, -0.15) is 4.31 Å². The average molecular weight is 362 g/mol. The van der Waals surface area contributed by atoms with Crippen molar-refractivity contribution in [1.82, 2.24) is 18.8 Å². The first kappa shape index (κ1) is 17.6. The summed E-state index contributed by atoms with van der Waals surface area (Å²) in [5.41, 5.74) is 1.23. The summed E-state index contributed by atoms with van der Waals surface area (Å²) in [7, 11) is -0.165. The van der Waals surface area contributed by atoms with Crippen LogP contribution in [-0.4, -0.2) is 60.3 Å². The molecule has 7 nitrogen and oxygen atoms in total. The molecule has 25 heavy (non-hydrogen) atoms. The van der Waals surface area contributed by atoms with Gasteiger partial charge in [0.25, 0.3) is 5.91 Å². The summed E-state index contributed by atoms with van der Waals surface area (Å²) in [4.78, 5) is 18.5. The number of imidazole rings is 1. The molecule has 0 unspecified atom stereocenters. The fraction of sp³-hybridized carbons (Fsp3) is 0.412. The van der Waals surface area contributed by atoms with Crippen molar-refractivity contribution in [2.75, 3.05) is 27.2 Å². The van der Waals surface area contributed by atoms with Crippen molar-refractivity contribution in [3.8, 4) is 0 Å². The molecule has 0 bridgehead atoms. The summed E-state index contributed by atoms with van der Waals surface area (Å²) in [5.74, 6) is 0.579. The van der Waals surface area contributed by atoms with Gasteiger partial charge in [-0.1, -0.05) is 18.2 Å². The van der Waals surface area contributed by atoms with Crippen LogP contribution in [0.1, 0.15) is 22.0 Å². The van der Waals surface area contributed by atoms with Crippen LogP contribution >= 0.6 is 0 Å². The third-order valence-corrected chi connectivity index (χ3v) is 6.34. The second-order valence-electron chi connectivity index (χ2n) is 6.27. The lowest BCUT2D eigenvalue weighted by Crippen LogP contribution is -2.33. The number of rotatable bonds is 3. The first-order valence-electron chi connectivity index (χ1n) is 8.15. The molecule has 0 radical (unpaired) electrons. The Balaban J connectivity index is 1.91. The zero-order valence-corrected chi connectivity index (χ0v) is 15.5. The average Bonchev–Trinajstić information content (AvgIpc) is 2.77. The van der Waals surface area contributed by atoms with Crippen LogP contribution in [0.5, 0.6) is 0 Å². The maximum Gasteiger partial charge on any atom is 0.273 e. The van der Waals surface area contributed by atoms with Crippen LogP contribution in [0.3, 0.4) is 0 Å². The fourth-order valence-electron chi connectivity index (χ4n) is 3.08. The third kappa shape index (κ3) is 3.19. The molecule has 3 rings (SSSR count). The molecule has 0 atom stereocenters. The van der Waals surface area contributed by atoms with E-state index in [1.54, 1.807) is 44.4 Å². The summed E-state index contributed by atoms with van der Waals surface area (Å²) in [5, 5.41) is 0. The molecule has 0 fully saturated rings. The Morgan fingerprint density at radius 1 is 1.12 bits per heavy atom. The molecule has 2 heterocycles. The summed E-state index contributed by atoms with van der Waals surface area (Å²) >= 11 is 0. The van der Waals surface area contributed by atoms with Crippen LogP contribution in [0.15, 0.2) is 35.2 Å². The predicted molar refractivity (Wildman–Crippen MR) is 93.9 cm³/mol. The van der Waals surface area contributed by atoms with Gasteiger partial charge in [0.05, 0.1) is 10.6 Å². The van der Waals surface area contributed by atoms with Gasteiger partial charge in [-0.25, -0.2) is 13.4 Å². The van der Waals surface area contributed by atoms with Crippen molar-refractivity contribution in [2.45, 2.75) is 24.8 Å². The van der Waals surface area contributed by atoms with Crippen LogP contribution in [-0.2, 0) is 23.0 Å². The molecule has 2 aromatic rings. The SMILES string of the molecule is Cc1nc(C(=O)N(C)C)c2n1CCN(S(=O)(=O)c1ccccc1)CC2. The molecular weight excluding hydrogens is 340 g/mol. The molecule has 0 spiro atoms. The number of fused-ring (bicyclic) bond motifs is 1. The Bertz CT molecular complexity index is 888. The summed E-state index contributed by atoms with van der Waals surface area (Å²) < 4.78 is 29.1. The topological polar surface area (TPSA) is 75.5 Å². The molecule has 1 aliphatic rings. The molecule has 1 aliphatic heterocycles. The Hall–Kier alpha value is -2.19. The second kappa shape index (κ2) is 6.61. The van der Waals surface area contributed by atoms with Gasteiger partial charge in [0.1, 0.15) is 11.5 Å². The maximum atomic E-state index is 12.9. The standard InChI is InChI=1S/C17H22N4O3S/c1-13-18-16(17(22)19(2)3)15-9-10-20(11-12-21(13)15)25(23,24)14-7-5-4-6-8-14/h4-8H,9-12H2,1-3H3. The second-order valence-corrected chi connectivity index (χ2v) is 8.21. The van der Waals surface area contributed by atoms with E-state index in [2.05, 4.69) is 4.98 Å². The molecule has 134 valence electrons. The minimum Gasteiger partial charge on any atom is -0.343 e. The number of carbonyl (C=O) groups excluding carboxylic acids is 1. The predicted octanol–water partition coefficient (Wildman–Crippen LogP) is 1.14. The normalized spacial score (nSPS) is 15.5. The fourth-order valence-corrected chi connectivity index (χ4v) is 4.53. The van der Waals surface area contributed by atoms with E-state index in [1.807, 2.05) is 11.5 Å². The van der Waals surface area contributed by atoms with E-state index in [9.17, 15) is 13.2 Å². The van der Waals surface area contributed by atoms with E-state index in [0.717, 1.165) is 11.5 Å². The van der Waals surface area contributed by atoms with E-state index in [-0.39, 0.29) is 5.91 Å². The molecule has 0 aliphatic carbocycles. The Labute approximate surface area is 147 Å². The number of carbonyl (C=O) groups is 1.